The van der Waals surface area contributed by atoms with E-state index in [1.54, 1.807) is 11.3 Å². The number of rotatable bonds is 5. The van der Waals surface area contributed by atoms with Crippen LogP contribution in [0.4, 0.5) is 0 Å². The first-order chi connectivity index (χ1) is 6.14. The van der Waals surface area contributed by atoms with E-state index >= 15 is 0 Å². The van der Waals surface area contributed by atoms with E-state index in [1.807, 2.05) is 13.8 Å². The standard InChI is InChI=1S/C10H17NOS/c1-3-10(2,12)8-11-6-9-4-5-13-7-9/h4-5,7,11-12H,3,6,8H2,1-2H3. The van der Waals surface area contributed by atoms with Gasteiger partial charge in [0.1, 0.15) is 0 Å². The summed E-state index contributed by atoms with van der Waals surface area (Å²) in [5.74, 6) is 0. The maximum atomic E-state index is 9.69. The Bertz CT molecular complexity index is 231. The highest BCUT2D eigenvalue weighted by molar-refractivity contribution is 7.07. The van der Waals surface area contributed by atoms with Crippen molar-refractivity contribution >= 4 is 11.3 Å². The molecule has 0 aliphatic rings. The van der Waals surface area contributed by atoms with Crippen molar-refractivity contribution in [1.82, 2.24) is 5.32 Å². The van der Waals surface area contributed by atoms with Crippen molar-refractivity contribution < 1.29 is 5.11 Å². The van der Waals surface area contributed by atoms with Crippen LogP contribution in [0.3, 0.4) is 0 Å². The molecule has 0 aliphatic heterocycles. The molecule has 0 saturated carbocycles. The molecule has 1 aromatic rings. The van der Waals surface area contributed by atoms with Crippen LogP contribution in [0, 0.1) is 0 Å². The van der Waals surface area contributed by atoms with Crippen molar-refractivity contribution in [3.05, 3.63) is 22.4 Å². The average molecular weight is 199 g/mol. The fraction of sp³-hybridized carbons (Fsp3) is 0.600. The van der Waals surface area contributed by atoms with Crippen LogP contribution in [0.5, 0.6) is 0 Å². The van der Waals surface area contributed by atoms with Crippen LogP contribution in [0.2, 0.25) is 0 Å². The van der Waals surface area contributed by atoms with Gasteiger partial charge in [-0.25, -0.2) is 0 Å². The van der Waals surface area contributed by atoms with E-state index < -0.39 is 5.60 Å². The largest absolute Gasteiger partial charge is 0.389 e. The van der Waals surface area contributed by atoms with Crippen molar-refractivity contribution in [2.75, 3.05) is 6.54 Å². The van der Waals surface area contributed by atoms with Gasteiger partial charge < -0.3 is 10.4 Å². The summed E-state index contributed by atoms with van der Waals surface area (Å²) in [6.45, 7) is 5.35. The molecule has 0 amide bonds. The van der Waals surface area contributed by atoms with Gasteiger partial charge in [-0.2, -0.15) is 11.3 Å². The van der Waals surface area contributed by atoms with Gasteiger partial charge in [-0.1, -0.05) is 6.92 Å². The third-order valence-electron chi connectivity index (χ3n) is 2.18. The van der Waals surface area contributed by atoms with Gasteiger partial charge in [0.15, 0.2) is 0 Å². The summed E-state index contributed by atoms with van der Waals surface area (Å²) in [5.41, 5.74) is 0.715. The van der Waals surface area contributed by atoms with E-state index in [4.69, 9.17) is 0 Å². The Kier molecular flexibility index (Phi) is 3.90. The molecular weight excluding hydrogens is 182 g/mol. The molecule has 0 aromatic carbocycles. The Morgan fingerprint density at radius 3 is 2.92 bits per heavy atom. The quantitative estimate of drug-likeness (QED) is 0.760. The minimum Gasteiger partial charge on any atom is -0.389 e. The summed E-state index contributed by atoms with van der Waals surface area (Å²) in [7, 11) is 0. The predicted octanol–water partition coefficient (Wildman–Crippen LogP) is 2.00. The molecule has 0 spiro atoms. The van der Waals surface area contributed by atoms with Gasteiger partial charge in [-0.05, 0) is 35.7 Å². The highest BCUT2D eigenvalue weighted by Crippen LogP contribution is 2.08. The molecule has 0 radical (unpaired) electrons. The van der Waals surface area contributed by atoms with E-state index in [0.29, 0.717) is 6.54 Å². The van der Waals surface area contributed by atoms with Gasteiger partial charge in [0.2, 0.25) is 0 Å². The van der Waals surface area contributed by atoms with Crippen molar-refractivity contribution in [2.45, 2.75) is 32.4 Å². The van der Waals surface area contributed by atoms with E-state index in [0.717, 1.165) is 13.0 Å². The summed E-state index contributed by atoms with van der Waals surface area (Å²) in [6.07, 6.45) is 0.781. The van der Waals surface area contributed by atoms with Crippen LogP contribution in [-0.4, -0.2) is 17.3 Å². The minimum absolute atomic E-state index is 0.573. The minimum atomic E-state index is -0.573. The van der Waals surface area contributed by atoms with Crippen molar-refractivity contribution in [3.8, 4) is 0 Å². The molecule has 1 heterocycles. The fourth-order valence-electron chi connectivity index (χ4n) is 0.994. The van der Waals surface area contributed by atoms with Crippen LogP contribution in [0.15, 0.2) is 16.8 Å². The molecule has 1 unspecified atom stereocenters. The summed E-state index contributed by atoms with van der Waals surface area (Å²) >= 11 is 1.70. The lowest BCUT2D eigenvalue weighted by Crippen LogP contribution is -2.36. The van der Waals surface area contributed by atoms with Gasteiger partial charge in [0.25, 0.3) is 0 Å². The zero-order chi connectivity index (χ0) is 9.73. The highest BCUT2D eigenvalue weighted by atomic mass is 32.1. The second kappa shape index (κ2) is 4.74. The molecule has 3 heteroatoms. The zero-order valence-corrected chi connectivity index (χ0v) is 9.03. The maximum Gasteiger partial charge on any atom is 0.0741 e. The van der Waals surface area contributed by atoms with Gasteiger partial charge in [-0.15, -0.1) is 0 Å². The summed E-state index contributed by atoms with van der Waals surface area (Å²) < 4.78 is 0. The Morgan fingerprint density at radius 1 is 1.62 bits per heavy atom. The van der Waals surface area contributed by atoms with Crippen molar-refractivity contribution in [3.63, 3.8) is 0 Å². The van der Waals surface area contributed by atoms with Crippen molar-refractivity contribution in [2.24, 2.45) is 0 Å². The molecule has 74 valence electrons. The molecular formula is C10H17NOS. The van der Waals surface area contributed by atoms with Crippen LogP contribution in [0.25, 0.3) is 0 Å². The van der Waals surface area contributed by atoms with Gasteiger partial charge in [0.05, 0.1) is 5.60 Å². The van der Waals surface area contributed by atoms with E-state index in [2.05, 4.69) is 22.1 Å². The average Bonchev–Trinajstić information content (AvgIpc) is 2.57. The number of nitrogens with one attached hydrogen (secondary N) is 1. The lowest BCUT2D eigenvalue weighted by atomic mass is 10.0. The lowest BCUT2D eigenvalue weighted by molar-refractivity contribution is 0.0556. The Hall–Kier alpha value is -0.380. The monoisotopic (exact) mass is 199 g/mol. The number of aliphatic hydroxyl groups is 1. The lowest BCUT2D eigenvalue weighted by Gasteiger charge is -2.21. The zero-order valence-electron chi connectivity index (χ0n) is 8.21. The predicted molar refractivity (Wildman–Crippen MR) is 56.9 cm³/mol. The molecule has 0 saturated heterocycles. The topological polar surface area (TPSA) is 32.3 Å². The second-order valence-electron chi connectivity index (χ2n) is 3.59. The third kappa shape index (κ3) is 3.89. The van der Waals surface area contributed by atoms with Crippen molar-refractivity contribution in [1.29, 1.82) is 0 Å². The summed E-state index contributed by atoms with van der Waals surface area (Å²) in [5, 5.41) is 17.1. The van der Waals surface area contributed by atoms with Gasteiger partial charge >= 0.3 is 0 Å². The van der Waals surface area contributed by atoms with Gasteiger partial charge in [0, 0.05) is 13.1 Å². The second-order valence-corrected chi connectivity index (χ2v) is 4.37. The molecule has 2 nitrogen and oxygen atoms in total. The van der Waals surface area contributed by atoms with Crippen LogP contribution in [0.1, 0.15) is 25.8 Å². The van der Waals surface area contributed by atoms with E-state index in [-0.39, 0.29) is 0 Å². The number of hydrogen-bond acceptors (Lipinski definition) is 3. The first-order valence-electron chi connectivity index (χ1n) is 4.58. The molecule has 1 aromatic heterocycles. The number of hydrogen-bond donors (Lipinski definition) is 2. The Morgan fingerprint density at radius 2 is 2.38 bits per heavy atom. The molecule has 0 aliphatic carbocycles. The van der Waals surface area contributed by atoms with Gasteiger partial charge in [-0.3, -0.25) is 0 Å². The van der Waals surface area contributed by atoms with E-state index in [9.17, 15) is 5.11 Å². The summed E-state index contributed by atoms with van der Waals surface area (Å²) in [6, 6.07) is 2.10. The molecule has 0 bridgehead atoms. The maximum absolute atomic E-state index is 9.69. The normalized spacial score (nSPS) is 15.6. The highest BCUT2D eigenvalue weighted by Gasteiger charge is 2.15. The smallest absolute Gasteiger partial charge is 0.0741 e. The van der Waals surface area contributed by atoms with E-state index in [1.165, 1.54) is 5.56 Å². The Labute approximate surface area is 83.6 Å². The molecule has 2 N–H and O–H groups in total. The Balaban J connectivity index is 2.21. The SMILES string of the molecule is CCC(C)(O)CNCc1ccsc1. The molecule has 13 heavy (non-hydrogen) atoms. The first kappa shape index (κ1) is 10.7. The third-order valence-corrected chi connectivity index (χ3v) is 2.91. The van der Waals surface area contributed by atoms with Crippen LogP contribution in [-0.2, 0) is 6.54 Å². The van der Waals surface area contributed by atoms with Crippen LogP contribution >= 0.6 is 11.3 Å². The van der Waals surface area contributed by atoms with Crippen LogP contribution < -0.4 is 5.32 Å². The molecule has 1 atom stereocenters. The molecule has 1 rings (SSSR count). The summed E-state index contributed by atoms with van der Waals surface area (Å²) in [4.78, 5) is 0. The fourth-order valence-corrected chi connectivity index (χ4v) is 1.66. The molecule has 0 fully saturated rings. The first-order valence-corrected chi connectivity index (χ1v) is 5.52. The number of thiophene rings is 1.